The first kappa shape index (κ1) is 19.3. The molecule has 0 saturated heterocycles. The zero-order valence-corrected chi connectivity index (χ0v) is 14.7. The molecule has 140 valence electrons. The summed E-state index contributed by atoms with van der Waals surface area (Å²) >= 11 is 0. The first-order valence-corrected chi connectivity index (χ1v) is 7.86. The third-order valence-electron chi connectivity index (χ3n) is 3.69. The van der Waals surface area contributed by atoms with Crippen molar-refractivity contribution in [2.24, 2.45) is 5.73 Å². The largest absolute Gasteiger partial charge is 0.363 e. The Morgan fingerprint density at radius 2 is 1.73 bits per heavy atom. The highest BCUT2D eigenvalue weighted by Crippen LogP contribution is 2.21. The molecule has 0 bridgehead atoms. The van der Waals surface area contributed by atoms with E-state index in [0.717, 1.165) is 12.1 Å². The standard InChI is InChI=1S/C16H19F2N5O3/c1-8(2)21(9(3)4)15(25)23-16(26)22(14(19)24)13(20-23)11-6-5-10(17)7-12(11)18/h5-9H,1-4H3,(H2,19,24). The Balaban J connectivity index is 2.70. The molecule has 10 heteroatoms. The highest BCUT2D eigenvalue weighted by atomic mass is 19.1. The maximum atomic E-state index is 14.1. The van der Waals surface area contributed by atoms with Gasteiger partial charge in [0.05, 0.1) is 5.56 Å². The molecular weight excluding hydrogens is 348 g/mol. The van der Waals surface area contributed by atoms with Crippen LogP contribution in [0.15, 0.2) is 23.0 Å². The molecular formula is C16H19F2N5O3. The van der Waals surface area contributed by atoms with Gasteiger partial charge in [0.2, 0.25) is 0 Å². The van der Waals surface area contributed by atoms with Crippen LogP contribution in [-0.2, 0) is 0 Å². The van der Waals surface area contributed by atoms with E-state index < -0.39 is 35.2 Å². The number of primary amides is 1. The number of carbonyl (C=O) groups is 2. The number of hydrogen-bond donors (Lipinski definition) is 1. The van der Waals surface area contributed by atoms with Crippen molar-refractivity contribution in [3.8, 4) is 11.4 Å². The summed E-state index contributed by atoms with van der Waals surface area (Å²) in [6, 6.07) is -0.0523. The molecule has 2 rings (SSSR count). The fourth-order valence-electron chi connectivity index (χ4n) is 2.68. The molecule has 0 atom stereocenters. The fraction of sp³-hybridized carbons (Fsp3) is 0.375. The number of aromatic nitrogens is 3. The fourth-order valence-corrected chi connectivity index (χ4v) is 2.68. The lowest BCUT2D eigenvalue weighted by molar-refractivity contribution is 0.162. The average molecular weight is 367 g/mol. The number of carbonyl (C=O) groups excluding carboxylic acids is 2. The molecule has 0 saturated carbocycles. The molecule has 1 aromatic carbocycles. The van der Waals surface area contributed by atoms with E-state index in [0.29, 0.717) is 15.3 Å². The lowest BCUT2D eigenvalue weighted by Gasteiger charge is -2.29. The minimum absolute atomic E-state index is 0.265. The quantitative estimate of drug-likeness (QED) is 0.896. The van der Waals surface area contributed by atoms with Gasteiger partial charge < -0.3 is 10.6 Å². The van der Waals surface area contributed by atoms with E-state index in [9.17, 15) is 23.2 Å². The van der Waals surface area contributed by atoms with E-state index in [4.69, 9.17) is 5.73 Å². The first-order valence-electron chi connectivity index (χ1n) is 7.86. The SMILES string of the molecule is CC(C)N(C(=O)n1nc(-c2ccc(F)cc2F)n(C(N)=O)c1=O)C(C)C. The molecule has 0 aliphatic rings. The van der Waals surface area contributed by atoms with Gasteiger partial charge in [0.1, 0.15) is 11.6 Å². The summed E-state index contributed by atoms with van der Waals surface area (Å²) in [6.07, 6.45) is 0. The summed E-state index contributed by atoms with van der Waals surface area (Å²) in [5, 5.41) is 3.79. The highest BCUT2D eigenvalue weighted by Gasteiger charge is 2.29. The first-order chi connectivity index (χ1) is 12.1. The van der Waals surface area contributed by atoms with Crippen LogP contribution in [0.2, 0.25) is 0 Å². The summed E-state index contributed by atoms with van der Waals surface area (Å²) in [5.41, 5.74) is 3.72. The number of nitrogens with zero attached hydrogens (tertiary/aromatic N) is 4. The van der Waals surface area contributed by atoms with Crippen molar-refractivity contribution in [1.29, 1.82) is 0 Å². The Kier molecular flexibility index (Phi) is 5.24. The molecule has 0 spiro atoms. The molecule has 0 fully saturated rings. The average Bonchev–Trinajstić information content (AvgIpc) is 2.83. The number of amides is 2. The summed E-state index contributed by atoms with van der Waals surface area (Å²) < 4.78 is 28.0. The van der Waals surface area contributed by atoms with E-state index in [1.165, 1.54) is 4.90 Å². The van der Waals surface area contributed by atoms with E-state index in [2.05, 4.69) is 5.10 Å². The van der Waals surface area contributed by atoms with Gasteiger partial charge in [-0.25, -0.2) is 23.2 Å². The Morgan fingerprint density at radius 3 is 2.19 bits per heavy atom. The number of rotatable bonds is 3. The predicted molar refractivity (Wildman–Crippen MR) is 89.7 cm³/mol. The van der Waals surface area contributed by atoms with Gasteiger partial charge in [-0.2, -0.15) is 4.57 Å². The van der Waals surface area contributed by atoms with Gasteiger partial charge in [-0.3, -0.25) is 0 Å². The van der Waals surface area contributed by atoms with Crippen molar-refractivity contribution >= 4 is 12.1 Å². The topological polar surface area (TPSA) is 103 Å². The monoisotopic (exact) mass is 367 g/mol. The van der Waals surface area contributed by atoms with Gasteiger partial charge in [0.15, 0.2) is 5.82 Å². The van der Waals surface area contributed by atoms with Crippen LogP contribution in [0.3, 0.4) is 0 Å². The molecule has 2 amide bonds. The van der Waals surface area contributed by atoms with Crippen molar-refractivity contribution in [3.63, 3.8) is 0 Å². The van der Waals surface area contributed by atoms with Crippen LogP contribution < -0.4 is 11.4 Å². The van der Waals surface area contributed by atoms with Gasteiger partial charge >= 0.3 is 17.8 Å². The van der Waals surface area contributed by atoms with Crippen LogP contribution in [0.25, 0.3) is 11.4 Å². The van der Waals surface area contributed by atoms with Crippen molar-refractivity contribution < 1.29 is 18.4 Å². The normalized spacial score (nSPS) is 11.2. The third-order valence-corrected chi connectivity index (χ3v) is 3.69. The van der Waals surface area contributed by atoms with Crippen LogP contribution in [0, 0.1) is 11.6 Å². The Hall–Kier alpha value is -3.04. The molecule has 1 aromatic heterocycles. The van der Waals surface area contributed by atoms with Crippen LogP contribution in [0.5, 0.6) is 0 Å². The maximum absolute atomic E-state index is 14.1. The molecule has 2 N–H and O–H groups in total. The van der Waals surface area contributed by atoms with E-state index >= 15 is 0 Å². The van der Waals surface area contributed by atoms with E-state index in [1.807, 2.05) is 0 Å². The van der Waals surface area contributed by atoms with Crippen molar-refractivity contribution in [2.45, 2.75) is 39.8 Å². The van der Waals surface area contributed by atoms with Crippen molar-refractivity contribution in [1.82, 2.24) is 19.2 Å². The molecule has 0 unspecified atom stereocenters. The Labute approximate surface area is 147 Å². The maximum Gasteiger partial charge on any atom is 0.363 e. The second-order valence-electron chi connectivity index (χ2n) is 6.19. The summed E-state index contributed by atoms with van der Waals surface area (Å²) in [7, 11) is 0. The van der Waals surface area contributed by atoms with Gasteiger partial charge in [-0.1, -0.05) is 0 Å². The third kappa shape index (κ3) is 3.35. The van der Waals surface area contributed by atoms with Crippen molar-refractivity contribution in [2.75, 3.05) is 0 Å². The lowest BCUT2D eigenvalue weighted by atomic mass is 10.2. The van der Waals surface area contributed by atoms with Crippen LogP contribution in [0.4, 0.5) is 18.4 Å². The number of hydrogen-bond acceptors (Lipinski definition) is 4. The minimum Gasteiger partial charge on any atom is -0.351 e. The van der Waals surface area contributed by atoms with Gasteiger partial charge in [-0.05, 0) is 39.8 Å². The van der Waals surface area contributed by atoms with Gasteiger partial charge in [0, 0.05) is 18.2 Å². The number of halogens is 2. The van der Waals surface area contributed by atoms with Crippen LogP contribution in [-0.4, -0.2) is 43.4 Å². The van der Waals surface area contributed by atoms with Crippen molar-refractivity contribution in [3.05, 3.63) is 40.3 Å². The molecule has 0 aliphatic carbocycles. The highest BCUT2D eigenvalue weighted by molar-refractivity contribution is 5.82. The molecule has 0 aliphatic heterocycles. The number of nitrogens with two attached hydrogens (primary N) is 1. The predicted octanol–water partition coefficient (Wildman–Crippen LogP) is 2.00. The number of benzene rings is 1. The Morgan fingerprint density at radius 1 is 1.15 bits per heavy atom. The summed E-state index contributed by atoms with van der Waals surface area (Å²) in [4.78, 5) is 38.3. The Bertz CT molecular complexity index is 909. The zero-order chi connectivity index (χ0) is 19.8. The van der Waals surface area contributed by atoms with Gasteiger partial charge in [0.25, 0.3) is 0 Å². The molecule has 1 heterocycles. The van der Waals surface area contributed by atoms with Gasteiger partial charge in [-0.15, -0.1) is 9.78 Å². The molecule has 8 nitrogen and oxygen atoms in total. The van der Waals surface area contributed by atoms with E-state index in [-0.39, 0.29) is 17.6 Å². The van der Waals surface area contributed by atoms with Crippen LogP contribution >= 0.6 is 0 Å². The summed E-state index contributed by atoms with van der Waals surface area (Å²) in [6.45, 7) is 6.98. The summed E-state index contributed by atoms with van der Waals surface area (Å²) in [5.74, 6) is -2.39. The minimum atomic E-state index is -1.24. The molecule has 26 heavy (non-hydrogen) atoms. The lowest BCUT2D eigenvalue weighted by Crippen LogP contribution is -2.48. The molecule has 2 aromatic rings. The second kappa shape index (κ2) is 7.06. The smallest absolute Gasteiger partial charge is 0.351 e. The second-order valence-corrected chi connectivity index (χ2v) is 6.19. The zero-order valence-electron chi connectivity index (χ0n) is 14.7. The van der Waals surface area contributed by atoms with E-state index in [1.54, 1.807) is 27.7 Å². The molecule has 0 radical (unpaired) electrons. The van der Waals surface area contributed by atoms with Crippen LogP contribution in [0.1, 0.15) is 27.7 Å².